The fraction of sp³-hybridized carbons (Fsp3) is 0.692. The first kappa shape index (κ1) is 13.2. The molecule has 1 saturated heterocycles. The van der Waals surface area contributed by atoms with Crippen LogP contribution in [0.25, 0.3) is 11.2 Å². The summed E-state index contributed by atoms with van der Waals surface area (Å²) in [6.07, 6.45) is 1.97. The predicted octanol–water partition coefficient (Wildman–Crippen LogP) is 0.737. The van der Waals surface area contributed by atoms with E-state index in [1.165, 1.54) is 0 Å². The van der Waals surface area contributed by atoms with Gasteiger partial charge in [-0.25, -0.2) is 9.67 Å². The number of aromatic nitrogens is 5. The summed E-state index contributed by atoms with van der Waals surface area (Å²) < 4.78 is 1.82. The van der Waals surface area contributed by atoms with E-state index in [1.54, 1.807) is 0 Å². The molecule has 1 fully saturated rings. The zero-order valence-electron chi connectivity index (χ0n) is 12.1. The number of piperidine rings is 1. The van der Waals surface area contributed by atoms with Crippen LogP contribution in [-0.4, -0.2) is 38.1 Å². The third-order valence-corrected chi connectivity index (χ3v) is 3.70. The summed E-state index contributed by atoms with van der Waals surface area (Å²) in [5, 5.41) is 11.5. The standard InChI is InChI=1S/C13H20N6O/c1-13(2,3)12-15-10-9(11(20)16-12)17-18-19(10)8-4-6-14-7-5-8/h8,14H,4-7H2,1-3H3,(H,15,16,20). The third-order valence-electron chi connectivity index (χ3n) is 3.70. The lowest BCUT2D eigenvalue weighted by molar-refractivity contribution is 0.343. The molecule has 1 aliphatic heterocycles. The Morgan fingerprint density at radius 3 is 2.60 bits per heavy atom. The summed E-state index contributed by atoms with van der Waals surface area (Å²) in [7, 11) is 0. The lowest BCUT2D eigenvalue weighted by atomic mass is 9.96. The van der Waals surface area contributed by atoms with E-state index in [9.17, 15) is 4.79 Å². The number of hydrogen-bond donors (Lipinski definition) is 2. The molecule has 0 spiro atoms. The molecule has 0 atom stereocenters. The Morgan fingerprint density at radius 2 is 1.95 bits per heavy atom. The lowest BCUT2D eigenvalue weighted by Gasteiger charge is -2.23. The Balaban J connectivity index is 2.14. The second-order valence-corrected chi connectivity index (χ2v) is 6.35. The number of rotatable bonds is 1. The minimum Gasteiger partial charge on any atom is -0.317 e. The maximum Gasteiger partial charge on any atom is 0.281 e. The fourth-order valence-corrected chi connectivity index (χ4v) is 2.49. The molecule has 0 radical (unpaired) electrons. The van der Waals surface area contributed by atoms with Crippen molar-refractivity contribution in [1.29, 1.82) is 0 Å². The molecule has 1 aliphatic rings. The van der Waals surface area contributed by atoms with Crippen LogP contribution in [0.2, 0.25) is 0 Å². The van der Waals surface area contributed by atoms with Crippen LogP contribution in [0.15, 0.2) is 4.79 Å². The molecule has 0 aliphatic carbocycles. The molecule has 2 N–H and O–H groups in total. The number of fused-ring (bicyclic) bond motifs is 1. The second kappa shape index (κ2) is 4.66. The summed E-state index contributed by atoms with van der Waals surface area (Å²) in [6.45, 7) is 7.99. The molecule has 0 saturated carbocycles. The maximum atomic E-state index is 12.1. The molecule has 2 aromatic rings. The van der Waals surface area contributed by atoms with Crippen LogP contribution < -0.4 is 10.9 Å². The van der Waals surface area contributed by atoms with Gasteiger partial charge in [0.1, 0.15) is 5.82 Å². The maximum absolute atomic E-state index is 12.1. The first-order chi connectivity index (χ1) is 9.47. The fourth-order valence-electron chi connectivity index (χ4n) is 2.49. The van der Waals surface area contributed by atoms with Crippen LogP contribution >= 0.6 is 0 Å². The Kier molecular flexibility index (Phi) is 3.08. The number of aromatic amines is 1. The Hall–Kier alpha value is -1.76. The van der Waals surface area contributed by atoms with Crippen molar-refractivity contribution in [3.05, 3.63) is 16.2 Å². The van der Waals surface area contributed by atoms with Gasteiger partial charge in [0.05, 0.1) is 6.04 Å². The Bertz CT molecular complexity index is 674. The zero-order valence-corrected chi connectivity index (χ0v) is 12.1. The van der Waals surface area contributed by atoms with Gasteiger partial charge in [-0.1, -0.05) is 26.0 Å². The highest BCUT2D eigenvalue weighted by molar-refractivity contribution is 5.68. The molecule has 0 amide bonds. The first-order valence-electron chi connectivity index (χ1n) is 7.03. The Labute approximate surface area is 116 Å². The van der Waals surface area contributed by atoms with Crippen molar-refractivity contribution < 1.29 is 0 Å². The van der Waals surface area contributed by atoms with Crippen molar-refractivity contribution in [2.75, 3.05) is 13.1 Å². The highest BCUT2D eigenvalue weighted by Gasteiger charge is 2.24. The molecule has 108 valence electrons. The van der Waals surface area contributed by atoms with E-state index >= 15 is 0 Å². The van der Waals surface area contributed by atoms with Crippen molar-refractivity contribution in [2.45, 2.75) is 45.1 Å². The summed E-state index contributed by atoms with van der Waals surface area (Å²) >= 11 is 0. The molecule has 3 heterocycles. The van der Waals surface area contributed by atoms with Gasteiger partial charge in [-0.15, -0.1) is 5.10 Å². The van der Waals surface area contributed by atoms with Crippen molar-refractivity contribution in [3.63, 3.8) is 0 Å². The van der Waals surface area contributed by atoms with Crippen molar-refractivity contribution in [3.8, 4) is 0 Å². The average Bonchev–Trinajstić information content (AvgIpc) is 2.83. The van der Waals surface area contributed by atoms with Crippen LogP contribution in [0.1, 0.15) is 45.5 Å². The number of H-pyrrole nitrogens is 1. The van der Waals surface area contributed by atoms with Gasteiger partial charge in [0.25, 0.3) is 5.56 Å². The molecule has 7 heteroatoms. The molecule has 0 bridgehead atoms. The van der Waals surface area contributed by atoms with Gasteiger partial charge in [-0.2, -0.15) is 0 Å². The monoisotopic (exact) mass is 276 g/mol. The van der Waals surface area contributed by atoms with E-state index in [1.807, 2.05) is 25.5 Å². The zero-order chi connectivity index (χ0) is 14.3. The second-order valence-electron chi connectivity index (χ2n) is 6.35. The SMILES string of the molecule is CC(C)(C)c1nc2c(nnn2C2CCNCC2)c(=O)[nH]1. The quantitative estimate of drug-likeness (QED) is 0.802. The van der Waals surface area contributed by atoms with E-state index in [-0.39, 0.29) is 17.0 Å². The van der Waals surface area contributed by atoms with Gasteiger partial charge in [0.15, 0.2) is 11.2 Å². The van der Waals surface area contributed by atoms with Crippen molar-refractivity contribution in [2.24, 2.45) is 0 Å². The van der Waals surface area contributed by atoms with Gasteiger partial charge in [0, 0.05) is 5.41 Å². The van der Waals surface area contributed by atoms with Crippen molar-refractivity contribution in [1.82, 2.24) is 30.3 Å². The Morgan fingerprint density at radius 1 is 1.25 bits per heavy atom. The molecule has 3 rings (SSSR count). The molecule has 7 nitrogen and oxygen atoms in total. The van der Waals surface area contributed by atoms with Crippen LogP contribution in [0.3, 0.4) is 0 Å². The van der Waals surface area contributed by atoms with Crippen LogP contribution in [0, 0.1) is 0 Å². The summed E-state index contributed by atoms with van der Waals surface area (Å²) in [4.78, 5) is 19.5. The topological polar surface area (TPSA) is 88.5 Å². The van der Waals surface area contributed by atoms with E-state index < -0.39 is 0 Å². The molecule has 0 unspecified atom stereocenters. The number of nitrogens with zero attached hydrogens (tertiary/aromatic N) is 4. The van der Waals surface area contributed by atoms with Gasteiger partial charge in [0.2, 0.25) is 0 Å². The highest BCUT2D eigenvalue weighted by atomic mass is 16.1. The average molecular weight is 276 g/mol. The van der Waals surface area contributed by atoms with Crippen LogP contribution in [-0.2, 0) is 5.41 Å². The van der Waals surface area contributed by atoms with Crippen LogP contribution in [0.4, 0.5) is 0 Å². The van der Waals surface area contributed by atoms with Crippen molar-refractivity contribution >= 4 is 11.2 Å². The summed E-state index contributed by atoms with van der Waals surface area (Å²) in [6, 6.07) is 0.267. The molecule has 2 aromatic heterocycles. The predicted molar refractivity (Wildman–Crippen MR) is 75.8 cm³/mol. The van der Waals surface area contributed by atoms with E-state index in [2.05, 4.69) is 25.6 Å². The largest absolute Gasteiger partial charge is 0.317 e. The minimum absolute atomic E-state index is 0.208. The molecular weight excluding hydrogens is 256 g/mol. The smallest absolute Gasteiger partial charge is 0.281 e. The number of nitrogens with one attached hydrogen (secondary N) is 2. The molecule has 0 aromatic carbocycles. The normalized spacial score (nSPS) is 17.8. The summed E-state index contributed by atoms with van der Waals surface area (Å²) in [5.41, 5.74) is 0.513. The van der Waals surface area contributed by atoms with Gasteiger partial charge < -0.3 is 10.3 Å². The van der Waals surface area contributed by atoms with E-state index in [0.717, 1.165) is 25.9 Å². The van der Waals surface area contributed by atoms with Gasteiger partial charge in [-0.05, 0) is 25.9 Å². The number of hydrogen-bond acceptors (Lipinski definition) is 5. The highest BCUT2D eigenvalue weighted by Crippen LogP contribution is 2.22. The molecule has 20 heavy (non-hydrogen) atoms. The van der Waals surface area contributed by atoms with E-state index in [4.69, 9.17) is 0 Å². The summed E-state index contributed by atoms with van der Waals surface area (Å²) in [5.74, 6) is 0.674. The lowest BCUT2D eigenvalue weighted by Crippen LogP contribution is -2.30. The minimum atomic E-state index is -0.212. The molecular formula is C13H20N6O. The van der Waals surface area contributed by atoms with Gasteiger partial charge in [-0.3, -0.25) is 4.79 Å². The third kappa shape index (κ3) is 2.22. The first-order valence-corrected chi connectivity index (χ1v) is 7.03. The van der Waals surface area contributed by atoms with Crippen LogP contribution in [0.5, 0.6) is 0 Å². The van der Waals surface area contributed by atoms with E-state index in [0.29, 0.717) is 17.0 Å². The van der Waals surface area contributed by atoms with Gasteiger partial charge >= 0.3 is 0 Å².